The van der Waals surface area contributed by atoms with Gasteiger partial charge >= 0.3 is 0 Å². The topological polar surface area (TPSA) is 79.6 Å². The van der Waals surface area contributed by atoms with E-state index in [1.807, 2.05) is 25.3 Å². The van der Waals surface area contributed by atoms with Crippen LogP contribution in [-0.2, 0) is 19.5 Å². The van der Waals surface area contributed by atoms with E-state index >= 15 is 0 Å². The summed E-state index contributed by atoms with van der Waals surface area (Å²) in [6.45, 7) is 5.68. The largest absolute Gasteiger partial charge is 0.334 e. The smallest absolute Gasteiger partial charge is 0.257 e. The molecule has 120 valence electrons. The minimum atomic E-state index is 0.584. The fourth-order valence-electron chi connectivity index (χ4n) is 2.41. The number of nitrogens with zero attached hydrogens (tertiary/aromatic N) is 3. The van der Waals surface area contributed by atoms with Crippen LogP contribution in [0.15, 0.2) is 35.0 Å². The molecular weight excluding hydrogens is 290 g/mol. The van der Waals surface area contributed by atoms with Gasteiger partial charge in [-0.25, -0.2) is 0 Å². The average molecular weight is 311 g/mol. The number of H-pyrrole nitrogens is 1. The Morgan fingerprint density at radius 1 is 1.26 bits per heavy atom. The normalized spacial score (nSPS) is 11.0. The van der Waals surface area contributed by atoms with Crippen LogP contribution < -0.4 is 5.32 Å². The van der Waals surface area contributed by atoms with E-state index in [0.717, 1.165) is 43.0 Å². The van der Waals surface area contributed by atoms with Gasteiger partial charge in [-0.15, -0.1) is 0 Å². The van der Waals surface area contributed by atoms with Crippen molar-refractivity contribution < 1.29 is 4.52 Å². The summed E-state index contributed by atoms with van der Waals surface area (Å²) in [7, 11) is 0. The number of nitrogens with one attached hydrogen (secondary N) is 2. The number of hydrogen-bond acceptors (Lipinski definition) is 5. The van der Waals surface area contributed by atoms with E-state index in [1.54, 1.807) is 0 Å². The molecule has 2 aromatic heterocycles. The van der Waals surface area contributed by atoms with Crippen molar-refractivity contribution >= 4 is 0 Å². The maximum Gasteiger partial charge on any atom is 0.257 e. The number of hydrogen-bond donors (Lipinski definition) is 2. The van der Waals surface area contributed by atoms with Crippen LogP contribution in [0.1, 0.15) is 36.0 Å². The van der Waals surface area contributed by atoms with Gasteiger partial charge in [0.15, 0.2) is 5.82 Å². The van der Waals surface area contributed by atoms with E-state index < -0.39 is 0 Å². The molecule has 1 aromatic carbocycles. The van der Waals surface area contributed by atoms with Gasteiger partial charge in [-0.1, -0.05) is 24.2 Å². The SMILES string of the molecule is CCCc1noc(-c2cccc(CNCc3cn[nH]c3C)c2)n1. The molecule has 0 spiro atoms. The molecule has 3 rings (SSSR count). The molecular formula is C17H21N5O. The van der Waals surface area contributed by atoms with Crippen LogP contribution in [0, 0.1) is 6.92 Å². The summed E-state index contributed by atoms with van der Waals surface area (Å²) in [4.78, 5) is 4.43. The van der Waals surface area contributed by atoms with Crippen LogP contribution in [0.4, 0.5) is 0 Å². The summed E-state index contributed by atoms with van der Waals surface area (Å²) in [6, 6.07) is 8.17. The van der Waals surface area contributed by atoms with E-state index in [4.69, 9.17) is 4.52 Å². The van der Waals surface area contributed by atoms with Crippen LogP contribution in [-0.4, -0.2) is 20.3 Å². The van der Waals surface area contributed by atoms with Crippen LogP contribution in [0.5, 0.6) is 0 Å². The van der Waals surface area contributed by atoms with Crippen molar-refractivity contribution in [2.24, 2.45) is 0 Å². The van der Waals surface area contributed by atoms with Crippen molar-refractivity contribution in [2.75, 3.05) is 0 Å². The highest BCUT2D eigenvalue weighted by atomic mass is 16.5. The van der Waals surface area contributed by atoms with E-state index in [0.29, 0.717) is 5.89 Å². The highest BCUT2D eigenvalue weighted by molar-refractivity contribution is 5.54. The van der Waals surface area contributed by atoms with Crippen molar-refractivity contribution in [1.82, 2.24) is 25.7 Å². The average Bonchev–Trinajstić information content (AvgIpc) is 3.18. The van der Waals surface area contributed by atoms with Gasteiger partial charge in [0.05, 0.1) is 6.20 Å². The maximum absolute atomic E-state index is 5.34. The molecule has 2 N–H and O–H groups in total. The molecule has 0 saturated carbocycles. The highest BCUT2D eigenvalue weighted by Gasteiger charge is 2.08. The first kappa shape index (κ1) is 15.4. The van der Waals surface area contributed by atoms with E-state index in [9.17, 15) is 0 Å². The molecule has 0 fully saturated rings. The zero-order chi connectivity index (χ0) is 16.1. The zero-order valence-electron chi connectivity index (χ0n) is 13.5. The molecule has 23 heavy (non-hydrogen) atoms. The number of aryl methyl sites for hydroxylation is 2. The van der Waals surface area contributed by atoms with Gasteiger partial charge in [0.1, 0.15) is 0 Å². The Morgan fingerprint density at radius 3 is 2.96 bits per heavy atom. The van der Waals surface area contributed by atoms with Crippen molar-refractivity contribution in [1.29, 1.82) is 0 Å². The molecule has 0 aliphatic carbocycles. The Bertz CT molecular complexity index is 762. The first-order valence-corrected chi connectivity index (χ1v) is 7.87. The lowest BCUT2D eigenvalue weighted by Gasteiger charge is -2.05. The lowest BCUT2D eigenvalue weighted by molar-refractivity contribution is 0.422. The Kier molecular flexibility index (Phi) is 4.83. The van der Waals surface area contributed by atoms with Gasteiger partial charge in [0.2, 0.25) is 0 Å². The van der Waals surface area contributed by atoms with Crippen LogP contribution in [0.25, 0.3) is 11.5 Å². The van der Waals surface area contributed by atoms with E-state index in [1.165, 1.54) is 11.1 Å². The second kappa shape index (κ2) is 7.19. The van der Waals surface area contributed by atoms with Gasteiger partial charge in [0, 0.05) is 36.3 Å². The van der Waals surface area contributed by atoms with Crippen molar-refractivity contribution in [2.45, 2.75) is 39.8 Å². The zero-order valence-corrected chi connectivity index (χ0v) is 13.5. The molecule has 6 heteroatoms. The molecule has 3 aromatic rings. The predicted molar refractivity (Wildman–Crippen MR) is 87.6 cm³/mol. The summed E-state index contributed by atoms with van der Waals surface area (Å²) < 4.78 is 5.34. The summed E-state index contributed by atoms with van der Waals surface area (Å²) in [5.74, 6) is 1.35. The highest BCUT2D eigenvalue weighted by Crippen LogP contribution is 2.19. The predicted octanol–water partition coefficient (Wildman–Crippen LogP) is 3.01. The molecule has 0 aliphatic heterocycles. The lowest BCUT2D eigenvalue weighted by Crippen LogP contribution is -2.12. The molecule has 0 saturated heterocycles. The Balaban J connectivity index is 1.63. The molecule has 0 radical (unpaired) electrons. The monoisotopic (exact) mass is 311 g/mol. The van der Waals surface area contributed by atoms with Crippen LogP contribution >= 0.6 is 0 Å². The van der Waals surface area contributed by atoms with Crippen LogP contribution in [0.2, 0.25) is 0 Å². The third-order valence-corrected chi connectivity index (χ3v) is 3.69. The molecule has 0 unspecified atom stereocenters. The summed E-state index contributed by atoms with van der Waals surface area (Å²) in [5.41, 5.74) is 4.42. The molecule has 0 aliphatic rings. The van der Waals surface area contributed by atoms with Gasteiger partial charge < -0.3 is 9.84 Å². The molecule has 0 atom stereocenters. The second-order valence-electron chi connectivity index (χ2n) is 5.59. The number of aromatic nitrogens is 4. The molecule has 2 heterocycles. The van der Waals surface area contributed by atoms with E-state index in [-0.39, 0.29) is 0 Å². The Morgan fingerprint density at radius 2 is 2.17 bits per heavy atom. The first-order valence-electron chi connectivity index (χ1n) is 7.87. The minimum absolute atomic E-state index is 0.584. The summed E-state index contributed by atoms with van der Waals surface area (Å²) in [6.07, 6.45) is 3.71. The molecule has 0 amide bonds. The fraction of sp³-hybridized carbons (Fsp3) is 0.353. The minimum Gasteiger partial charge on any atom is -0.334 e. The standard InChI is InChI=1S/C17H21N5O/c1-3-5-16-20-17(23-22-16)14-7-4-6-13(8-14)9-18-10-15-11-19-21-12(15)2/h4,6-8,11,18H,3,5,9-10H2,1-2H3,(H,19,21). The number of aromatic amines is 1. The van der Waals surface area contributed by atoms with E-state index in [2.05, 4.69) is 44.7 Å². The maximum atomic E-state index is 5.34. The molecule has 0 bridgehead atoms. The lowest BCUT2D eigenvalue weighted by atomic mass is 10.1. The third kappa shape index (κ3) is 3.84. The summed E-state index contributed by atoms with van der Waals surface area (Å²) >= 11 is 0. The number of benzene rings is 1. The Labute approximate surface area is 135 Å². The second-order valence-corrected chi connectivity index (χ2v) is 5.59. The Hall–Kier alpha value is -2.47. The first-order chi connectivity index (χ1) is 11.3. The number of rotatable bonds is 7. The molecule has 6 nitrogen and oxygen atoms in total. The van der Waals surface area contributed by atoms with Gasteiger partial charge in [-0.05, 0) is 31.0 Å². The fourth-order valence-corrected chi connectivity index (χ4v) is 2.41. The van der Waals surface area contributed by atoms with Gasteiger partial charge in [0.25, 0.3) is 5.89 Å². The van der Waals surface area contributed by atoms with Gasteiger partial charge in [-0.2, -0.15) is 10.1 Å². The van der Waals surface area contributed by atoms with Gasteiger partial charge in [-0.3, -0.25) is 5.10 Å². The quantitative estimate of drug-likeness (QED) is 0.701. The third-order valence-electron chi connectivity index (χ3n) is 3.69. The van der Waals surface area contributed by atoms with Crippen LogP contribution in [0.3, 0.4) is 0 Å². The van der Waals surface area contributed by atoms with Crippen molar-refractivity contribution in [3.8, 4) is 11.5 Å². The summed E-state index contributed by atoms with van der Waals surface area (Å²) in [5, 5.41) is 14.4. The van der Waals surface area contributed by atoms with Crippen molar-refractivity contribution in [3.05, 3.63) is 53.1 Å². The van der Waals surface area contributed by atoms with Crippen molar-refractivity contribution in [3.63, 3.8) is 0 Å².